The third-order valence-corrected chi connectivity index (χ3v) is 5.68. The molecular weight excluding hydrogens is 426 g/mol. The highest BCUT2D eigenvalue weighted by atomic mass is 35.5. The number of benzene rings is 2. The van der Waals surface area contributed by atoms with E-state index in [0.29, 0.717) is 35.6 Å². The maximum absolute atomic E-state index is 12.8. The molecule has 10 heteroatoms. The molecule has 0 fully saturated rings. The van der Waals surface area contributed by atoms with Crippen molar-refractivity contribution >= 4 is 29.3 Å². The second kappa shape index (κ2) is 9.36. The Hall–Kier alpha value is -2.78. The lowest BCUT2D eigenvalue weighted by molar-refractivity contribution is -0.129. The lowest BCUT2D eigenvalue weighted by Gasteiger charge is -2.30. The molecule has 30 heavy (non-hydrogen) atoms. The zero-order chi connectivity index (χ0) is 20.9. The summed E-state index contributed by atoms with van der Waals surface area (Å²) in [7, 11) is 0. The number of nitrogens with zero attached hydrogens (tertiary/aromatic N) is 5. The zero-order valence-corrected chi connectivity index (χ0v) is 17.8. The minimum atomic E-state index is -0.217. The van der Waals surface area contributed by atoms with Crippen molar-refractivity contribution in [1.82, 2.24) is 25.1 Å². The van der Waals surface area contributed by atoms with Gasteiger partial charge in [0.15, 0.2) is 17.6 Å². The molecule has 1 aromatic heterocycles. The van der Waals surface area contributed by atoms with Crippen LogP contribution in [-0.4, -0.2) is 62.6 Å². The van der Waals surface area contributed by atoms with Crippen molar-refractivity contribution in [2.45, 2.75) is 18.2 Å². The second-order valence-electron chi connectivity index (χ2n) is 6.57. The van der Waals surface area contributed by atoms with Crippen LogP contribution in [0.25, 0.3) is 5.69 Å². The van der Waals surface area contributed by atoms with E-state index in [4.69, 9.17) is 21.1 Å². The van der Waals surface area contributed by atoms with Crippen molar-refractivity contribution in [3.8, 4) is 17.2 Å². The van der Waals surface area contributed by atoms with Gasteiger partial charge in [-0.15, -0.1) is 5.10 Å². The van der Waals surface area contributed by atoms with Gasteiger partial charge in [-0.1, -0.05) is 41.6 Å². The van der Waals surface area contributed by atoms with Gasteiger partial charge in [0, 0.05) is 11.6 Å². The molecule has 3 aromatic rings. The monoisotopic (exact) mass is 445 g/mol. The van der Waals surface area contributed by atoms with Crippen LogP contribution in [0.15, 0.2) is 53.7 Å². The molecule has 0 saturated carbocycles. The number of likely N-dealkylation sites (N-methyl/N-ethyl adjacent to an activating group) is 1. The van der Waals surface area contributed by atoms with Gasteiger partial charge in [-0.3, -0.25) is 4.79 Å². The third-order valence-electron chi connectivity index (χ3n) is 4.54. The number of halogens is 1. The summed E-state index contributed by atoms with van der Waals surface area (Å²) in [6.45, 7) is 3.36. The molecule has 4 rings (SSSR count). The highest BCUT2D eigenvalue weighted by Gasteiger charge is 2.25. The van der Waals surface area contributed by atoms with Crippen LogP contribution < -0.4 is 9.47 Å². The van der Waals surface area contributed by atoms with E-state index in [2.05, 4.69) is 15.5 Å². The lowest BCUT2D eigenvalue weighted by atomic mass is 10.2. The number of aromatic nitrogens is 4. The van der Waals surface area contributed by atoms with Crippen molar-refractivity contribution in [2.24, 2.45) is 0 Å². The van der Waals surface area contributed by atoms with E-state index < -0.39 is 0 Å². The second-order valence-corrected chi connectivity index (χ2v) is 7.95. The smallest absolute Gasteiger partial charge is 0.233 e. The summed E-state index contributed by atoms with van der Waals surface area (Å²) >= 11 is 7.33. The van der Waals surface area contributed by atoms with Gasteiger partial charge in [0.05, 0.1) is 18.0 Å². The van der Waals surface area contributed by atoms with E-state index in [1.54, 1.807) is 21.7 Å². The van der Waals surface area contributed by atoms with Crippen molar-refractivity contribution in [3.63, 3.8) is 0 Å². The molecule has 1 amide bonds. The summed E-state index contributed by atoms with van der Waals surface area (Å²) < 4.78 is 13.3. The summed E-state index contributed by atoms with van der Waals surface area (Å²) in [6, 6.07) is 14.8. The standard InChI is InChI=1S/C20H20ClN5O3S/c1-2-25(11-16-12-28-17-8-3-4-9-18(17)29-16)19(27)13-30-20-22-23-24-26(20)15-7-5-6-14(21)10-15/h3-10,16H,2,11-13H2,1H3/t16-/m1/s1. The Morgan fingerprint density at radius 3 is 2.90 bits per heavy atom. The van der Waals surface area contributed by atoms with E-state index in [9.17, 15) is 4.79 Å². The number of carbonyl (C=O) groups is 1. The molecule has 0 unspecified atom stereocenters. The normalized spacial score (nSPS) is 15.1. The zero-order valence-electron chi connectivity index (χ0n) is 16.3. The topological polar surface area (TPSA) is 82.4 Å². The van der Waals surface area contributed by atoms with Crippen LogP contribution in [-0.2, 0) is 4.79 Å². The Labute approximate surface area is 183 Å². The summed E-state index contributed by atoms with van der Waals surface area (Å²) in [5.74, 6) is 1.61. The summed E-state index contributed by atoms with van der Waals surface area (Å²) in [6.07, 6.45) is -0.217. The van der Waals surface area contributed by atoms with Crippen LogP contribution >= 0.6 is 23.4 Å². The highest BCUT2D eigenvalue weighted by molar-refractivity contribution is 7.99. The average Bonchev–Trinajstić information content (AvgIpc) is 3.24. The van der Waals surface area contributed by atoms with Crippen LogP contribution in [0.2, 0.25) is 5.02 Å². The summed E-state index contributed by atoms with van der Waals surface area (Å²) in [4.78, 5) is 14.6. The number of ether oxygens (including phenoxy) is 2. The number of hydrogen-bond donors (Lipinski definition) is 0. The predicted molar refractivity (Wildman–Crippen MR) is 113 cm³/mol. The minimum Gasteiger partial charge on any atom is -0.486 e. The number of hydrogen-bond acceptors (Lipinski definition) is 7. The fourth-order valence-corrected chi connectivity index (χ4v) is 4.04. The first-order valence-corrected chi connectivity index (χ1v) is 10.8. The molecule has 1 aliphatic heterocycles. The molecule has 0 N–H and O–H groups in total. The third kappa shape index (κ3) is 4.68. The van der Waals surface area contributed by atoms with Gasteiger partial charge < -0.3 is 14.4 Å². The van der Waals surface area contributed by atoms with Crippen molar-refractivity contribution in [3.05, 3.63) is 53.6 Å². The molecule has 0 spiro atoms. The fraction of sp³-hybridized carbons (Fsp3) is 0.300. The molecule has 0 radical (unpaired) electrons. The number of para-hydroxylation sites is 2. The van der Waals surface area contributed by atoms with Gasteiger partial charge in [-0.05, 0) is 47.7 Å². The number of fused-ring (bicyclic) bond motifs is 1. The SMILES string of the molecule is CCN(C[C@@H]1COc2ccccc2O1)C(=O)CSc1nnnn1-c1cccc(Cl)c1. The fourth-order valence-electron chi connectivity index (χ4n) is 3.06. The van der Waals surface area contributed by atoms with Gasteiger partial charge in [0.1, 0.15) is 6.61 Å². The van der Waals surface area contributed by atoms with Crippen LogP contribution in [0.1, 0.15) is 6.92 Å². The maximum atomic E-state index is 12.8. The molecule has 1 aliphatic rings. The molecule has 8 nitrogen and oxygen atoms in total. The average molecular weight is 446 g/mol. The van der Waals surface area contributed by atoms with E-state index in [0.717, 1.165) is 11.4 Å². The quantitative estimate of drug-likeness (QED) is 0.517. The minimum absolute atomic E-state index is 0.0226. The number of thioether (sulfide) groups is 1. The molecule has 0 aliphatic carbocycles. The predicted octanol–water partition coefficient (Wildman–Crippen LogP) is 3.10. The van der Waals surface area contributed by atoms with Gasteiger partial charge in [0.25, 0.3) is 0 Å². The van der Waals surface area contributed by atoms with Crippen LogP contribution in [0, 0.1) is 0 Å². The van der Waals surface area contributed by atoms with Crippen LogP contribution in [0.4, 0.5) is 0 Å². The van der Waals surface area contributed by atoms with Crippen LogP contribution in [0.3, 0.4) is 0 Å². The summed E-state index contributed by atoms with van der Waals surface area (Å²) in [5, 5.41) is 12.9. The molecule has 1 atom stereocenters. The Kier molecular flexibility index (Phi) is 6.39. The maximum Gasteiger partial charge on any atom is 0.233 e. The van der Waals surface area contributed by atoms with Crippen molar-refractivity contribution in [1.29, 1.82) is 0 Å². The van der Waals surface area contributed by atoms with Gasteiger partial charge >= 0.3 is 0 Å². The highest BCUT2D eigenvalue weighted by Crippen LogP contribution is 2.31. The number of amides is 1. The van der Waals surface area contributed by atoms with Gasteiger partial charge in [-0.2, -0.15) is 4.68 Å². The van der Waals surface area contributed by atoms with E-state index >= 15 is 0 Å². The molecule has 0 bridgehead atoms. The number of rotatable bonds is 7. The van der Waals surface area contributed by atoms with E-state index in [1.807, 2.05) is 43.3 Å². The number of tetrazole rings is 1. The first-order chi connectivity index (χ1) is 14.6. The molecule has 2 heterocycles. The largest absolute Gasteiger partial charge is 0.486 e. The Bertz CT molecular complexity index is 1030. The molecular formula is C20H20ClN5O3S. The van der Waals surface area contributed by atoms with Crippen molar-refractivity contribution in [2.75, 3.05) is 25.4 Å². The molecule has 0 saturated heterocycles. The Balaban J connectivity index is 1.36. The molecule has 156 valence electrons. The Morgan fingerprint density at radius 2 is 2.10 bits per heavy atom. The Morgan fingerprint density at radius 1 is 1.27 bits per heavy atom. The van der Waals surface area contributed by atoms with Gasteiger partial charge in [0.2, 0.25) is 11.1 Å². The lowest BCUT2D eigenvalue weighted by Crippen LogP contribution is -2.44. The summed E-state index contributed by atoms with van der Waals surface area (Å²) in [5.41, 5.74) is 0.737. The first-order valence-electron chi connectivity index (χ1n) is 9.47. The van der Waals surface area contributed by atoms with Crippen molar-refractivity contribution < 1.29 is 14.3 Å². The molecule has 2 aromatic carbocycles. The van der Waals surface area contributed by atoms with Gasteiger partial charge in [-0.25, -0.2) is 0 Å². The van der Waals surface area contributed by atoms with Crippen LogP contribution in [0.5, 0.6) is 11.5 Å². The van der Waals surface area contributed by atoms with E-state index in [1.165, 1.54) is 11.8 Å². The first kappa shape index (κ1) is 20.5. The number of carbonyl (C=O) groups excluding carboxylic acids is 1. The van der Waals surface area contributed by atoms with E-state index in [-0.39, 0.29) is 17.8 Å².